The van der Waals surface area contributed by atoms with Crippen LogP contribution in [0.15, 0.2) is 36.4 Å². The molecule has 0 fully saturated rings. The number of halogens is 1. The number of nitrogens with two attached hydrogens (primary N) is 1. The van der Waals surface area contributed by atoms with Crippen LogP contribution in [-0.4, -0.2) is 5.91 Å². The highest BCUT2D eigenvalue weighted by atomic mass is 19.1. The van der Waals surface area contributed by atoms with Crippen LogP contribution < -0.4 is 11.1 Å². The molecule has 0 heterocycles. The van der Waals surface area contributed by atoms with Crippen LogP contribution in [0.5, 0.6) is 0 Å². The summed E-state index contributed by atoms with van der Waals surface area (Å²) in [6.45, 7) is 1.85. The van der Waals surface area contributed by atoms with E-state index >= 15 is 0 Å². The Labute approximate surface area is 115 Å². The van der Waals surface area contributed by atoms with Gasteiger partial charge in [-0.2, -0.15) is 5.26 Å². The van der Waals surface area contributed by atoms with E-state index in [4.69, 9.17) is 11.0 Å². The Kier molecular flexibility index (Phi) is 3.67. The molecule has 0 unspecified atom stereocenters. The molecule has 0 aromatic heterocycles. The van der Waals surface area contributed by atoms with Crippen LogP contribution >= 0.6 is 0 Å². The number of carbonyl (C=O) groups is 1. The van der Waals surface area contributed by atoms with E-state index in [1.54, 1.807) is 24.3 Å². The minimum atomic E-state index is -0.624. The van der Waals surface area contributed by atoms with E-state index in [2.05, 4.69) is 5.32 Å². The minimum absolute atomic E-state index is 0.125. The first-order valence-corrected chi connectivity index (χ1v) is 5.88. The molecule has 0 saturated heterocycles. The molecule has 0 aliphatic heterocycles. The molecule has 3 N–H and O–H groups in total. The Morgan fingerprint density at radius 3 is 2.75 bits per heavy atom. The van der Waals surface area contributed by atoms with Crippen molar-refractivity contribution in [3.63, 3.8) is 0 Å². The van der Waals surface area contributed by atoms with Crippen LogP contribution in [0.25, 0.3) is 0 Å². The fourth-order valence-electron chi connectivity index (χ4n) is 1.75. The summed E-state index contributed by atoms with van der Waals surface area (Å²) < 4.78 is 13.2. The van der Waals surface area contributed by atoms with Gasteiger partial charge in [0.2, 0.25) is 0 Å². The van der Waals surface area contributed by atoms with E-state index in [0.29, 0.717) is 16.9 Å². The molecule has 100 valence electrons. The topological polar surface area (TPSA) is 78.9 Å². The van der Waals surface area contributed by atoms with Gasteiger partial charge in [0.1, 0.15) is 11.9 Å². The van der Waals surface area contributed by atoms with Gasteiger partial charge in [-0.3, -0.25) is 4.79 Å². The summed E-state index contributed by atoms with van der Waals surface area (Å²) in [6, 6.07) is 10.6. The summed E-state index contributed by atoms with van der Waals surface area (Å²) >= 11 is 0. The van der Waals surface area contributed by atoms with Crippen molar-refractivity contribution in [3.05, 3.63) is 58.9 Å². The highest BCUT2D eigenvalue weighted by Gasteiger charge is 2.11. The average molecular weight is 269 g/mol. The van der Waals surface area contributed by atoms with Crippen LogP contribution in [0.4, 0.5) is 15.8 Å². The lowest BCUT2D eigenvalue weighted by molar-refractivity contribution is 0.102. The van der Waals surface area contributed by atoms with Crippen LogP contribution in [0, 0.1) is 24.1 Å². The molecule has 20 heavy (non-hydrogen) atoms. The molecule has 0 atom stereocenters. The van der Waals surface area contributed by atoms with Gasteiger partial charge in [0.25, 0.3) is 5.91 Å². The maximum atomic E-state index is 13.2. The van der Waals surface area contributed by atoms with Crippen molar-refractivity contribution in [2.45, 2.75) is 6.92 Å². The van der Waals surface area contributed by atoms with E-state index < -0.39 is 11.7 Å². The number of benzene rings is 2. The summed E-state index contributed by atoms with van der Waals surface area (Å²) in [5, 5.41) is 11.3. The SMILES string of the molecule is Cc1ccc(N)c(C(=O)Nc2ccc(F)c(C#N)c2)c1. The Morgan fingerprint density at radius 1 is 1.30 bits per heavy atom. The highest BCUT2D eigenvalue weighted by Crippen LogP contribution is 2.18. The van der Waals surface area contributed by atoms with Crippen molar-refractivity contribution in [2.75, 3.05) is 11.1 Å². The van der Waals surface area contributed by atoms with Gasteiger partial charge in [0.05, 0.1) is 11.1 Å². The Bertz CT molecular complexity index is 720. The number of nitrogens with one attached hydrogen (secondary N) is 1. The second-order valence-corrected chi connectivity index (χ2v) is 4.35. The first kappa shape index (κ1) is 13.6. The number of rotatable bonds is 2. The first-order chi connectivity index (χ1) is 9.51. The predicted octanol–water partition coefficient (Wildman–Crippen LogP) is 2.84. The zero-order chi connectivity index (χ0) is 14.7. The molecule has 2 aromatic carbocycles. The molecule has 4 nitrogen and oxygen atoms in total. The number of carbonyl (C=O) groups excluding carboxylic acids is 1. The van der Waals surface area contributed by atoms with Gasteiger partial charge in [-0.15, -0.1) is 0 Å². The standard InChI is InChI=1S/C15H12FN3O/c1-9-2-5-14(18)12(6-9)15(20)19-11-3-4-13(16)10(7-11)8-17/h2-7H,18H2,1H3,(H,19,20). The van der Waals surface area contributed by atoms with Crippen molar-refractivity contribution in [3.8, 4) is 6.07 Å². The maximum Gasteiger partial charge on any atom is 0.257 e. The van der Waals surface area contributed by atoms with Gasteiger partial charge in [-0.1, -0.05) is 11.6 Å². The Balaban J connectivity index is 2.28. The molecule has 0 saturated carbocycles. The zero-order valence-electron chi connectivity index (χ0n) is 10.8. The van der Waals surface area contributed by atoms with Gasteiger partial charge < -0.3 is 11.1 Å². The van der Waals surface area contributed by atoms with E-state index in [0.717, 1.165) is 11.6 Å². The average Bonchev–Trinajstić information content (AvgIpc) is 2.43. The van der Waals surface area contributed by atoms with Crippen LogP contribution in [0.2, 0.25) is 0 Å². The normalized spacial score (nSPS) is 9.85. The predicted molar refractivity (Wildman–Crippen MR) is 74.7 cm³/mol. The second-order valence-electron chi connectivity index (χ2n) is 4.35. The van der Waals surface area contributed by atoms with E-state index in [1.807, 2.05) is 6.92 Å². The summed E-state index contributed by atoms with van der Waals surface area (Å²) in [6.07, 6.45) is 0. The number of nitriles is 1. The smallest absolute Gasteiger partial charge is 0.257 e. The number of hydrogen-bond acceptors (Lipinski definition) is 3. The van der Waals surface area contributed by atoms with Gasteiger partial charge in [-0.05, 0) is 37.3 Å². The van der Waals surface area contributed by atoms with Crippen molar-refractivity contribution < 1.29 is 9.18 Å². The number of hydrogen-bond donors (Lipinski definition) is 2. The van der Waals surface area contributed by atoms with Crippen molar-refractivity contribution in [1.29, 1.82) is 5.26 Å². The lowest BCUT2D eigenvalue weighted by Crippen LogP contribution is -2.14. The monoisotopic (exact) mass is 269 g/mol. The molecule has 5 heteroatoms. The molecular formula is C15H12FN3O. The van der Waals surface area contributed by atoms with Gasteiger partial charge >= 0.3 is 0 Å². The lowest BCUT2D eigenvalue weighted by Gasteiger charge is -2.09. The molecular weight excluding hydrogens is 257 g/mol. The number of nitrogens with zero attached hydrogens (tertiary/aromatic N) is 1. The second kappa shape index (κ2) is 5.41. The Hall–Kier alpha value is -2.87. The Morgan fingerprint density at radius 2 is 2.05 bits per heavy atom. The van der Waals surface area contributed by atoms with E-state index in [9.17, 15) is 9.18 Å². The van der Waals surface area contributed by atoms with Crippen LogP contribution in [0.3, 0.4) is 0 Å². The largest absolute Gasteiger partial charge is 0.398 e. The van der Waals surface area contributed by atoms with E-state index in [1.165, 1.54) is 12.1 Å². The number of anilines is 2. The molecule has 0 aliphatic carbocycles. The lowest BCUT2D eigenvalue weighted by atomic mass is 10.1. The molecule has 0 aliphatic rings. The third kappa shape index (κ3) is 2.75. The maximum absolute atomic E-state index is 13.2. The summed E-state index contributed by atoms with van der Waals surface area (Å²) in [5.74, 6) is -1.03. The van der Waals surface area contributed by atoms with Gasteiger partial charge in [0.15, 0.2) is 0 Å². The highest BCUT2D eigenvalue weighted by molar-refractivity contribution is 6.07. The number of nitrogen functional groups attached to an aromatic ring is 1. The third-order valence-electron chi connectivity index (χ3n) is 2.80. The number of amides is 1. The van der Waals surface area contributed by atoms with Gasteiger partial charge in [-0.25, -0.2) is 4.39 Å². The number of aryl methyl sites for hydroxylation is 1. The molecule has 0 spiro atoms. The summed E-state index contributed by atoms with van der Waals surface area (Å²) in [5.41, 5.74) is 7.57. The summed E-state index contributed by atoms with van der Waals surface area (Å²) in [4.78, 5) is 12.1. The molecule has 2 rings (SSSR count). The van der Waals surface area contributed by atoms with Crippen LogP contribution in [0.1, 0.15) is 21.5 Å². The van der Waals surface area contributed by atoms with E-state index in [-0.39, 0.29) is 5.56 Å². The van der Waals surface area contributed by atoms with Crippen LogP contribution in [-0.2, 0) is 0 Å². The van der Waals surface area contributed by atoms with Gasteiger partial charge in [0, 0.05) is 11.4 Å². The fourth-order valence-corrected chi connectivity index (χ4v) is 1.75. The molecule has 0 bridgehead atoms. The van der Waals surface area contributed by atoms with Crippen molar-refractivity contribution in [2.24, 2.45) is 0 Å². The van der Waals surface area contributed by atoms with Crippen molar-refractivity contribution >= 4 is 17.3 Å². The molecule has 1 amide bonds. The quantitative estimate of drug-likeness (QED) is 0.823. The summed E-state index contributed by atoms with van der Waals surface area (Å²) in [7, 11) is 0. The van der Waals surface area contributed by atoms with Crippen molar-refractivity contribution in [1.82, 2.24) is 0 Å². The fraction of sp³-hybridized carbons (Fsp3) is 0.0667. The third-order valence-corrected chi connectivity index (χ3v) is 2.80. The zero-order valence-corrected chi connectivity index (χ0v) is 10.8. The molecule has 0 radical (unpaired) electrons. The first-order valence-electron chi connectivity index (χ1n) is 5.88. The minimum Gasteiger partial charge on any atom is -0.398 e. The molecule has 2 aromatic rings.